The molecule has 0 atom stereocenters. The maximum absolute atomic E-state index is 13.5. The van der Waals surface area contributed by atoms with E-state index in [1.165, 1.54) is 34.1 Å². The van der Waals surface area contributed by atoms with Crippen LogP contribution in [0.4, 0.5) is 10.1 Å². The molecular formula is C24H25FN2O2S. The summed E-state index contributed by atoms with van der Waals surface area (Å²) in [6, 6.07) is 24.4. The molecule has 1 heterocycles. The fourth-order valence-electron chi connectivity index (χ4n) is 3.99. The third-order valence-electron chi connectivity index (χ3n) is 5.52. The van der Waals surface area contributed by atoms with Crippen molar-refractivity contribution in [3.05, 3.63) is 96.3 Å². The highest BCUT2D eigenvalue weighted by Crippen LogP contribution is 2.30. The Morgan fingerprint density at radius 3 is 2.00 bits per heavy atom. The lowest BCUT2D eigenvalue weighted by Crippen LogP contribution is -2.47. The second kappa shape index (κ2) is 8.98. The van der Waals surface area contributed by atoms with Gasteiger partial charge in [0.25, 0.3) is 10.0 Å². The summed E-state index contributed by atoms with van der Waals surface area (Å²) in [5.41, 5.74) is 1.90. The number of hydrogen-bond donors (Lipinski definition) is 0. The van der Waals surface area contributed by atoms with E-state index in [0.29, 0.717) is 5.69 Å². The van der Waals surface area contributed by atoms with E-state index in [-0.39, 0.29) is 10.9 Å². The van der Waals surface area contributed by atoms with Crippen LogP contribution < -0.4 is 4.31 Å². The van der Waals surface area contributed by atoms with Crippen molar-refractivity contribution in [2.45, 2.75) is 30.3 Å². The topological polar surface area (TPSA) is 40.6 Å². The van der Waals surface area contributed by atoms with Crippen molar-refractivity contribution in [2.75, 3.05) is 17.4 Å². The molecule has 0 bridgehead atoms. The van der Waals surface area contributed by atoms with E-state index < -0.39 is 15.8 Å². The third kappa shape index (κ3) is 4.55. The predicted octanol–water partition coefficient (Wildman–Crippen LogP) is 4.69. The standard InChI is InChI=1S/C24H25FN2O2S/c25-21-11-13-24(14-12-21)30(28,29)27(22-9-5-2-6-10-22)23-15-17-26(18-16-23)19-20-7-3-1-4-8-20/h1-14,23H,15-19H2. The summed E-state index contributed by atoms with van der Waals surface area (Å²) in [5, 5.41) is 0. The van der Waals surface area contributed by atoms with Crippen LogP contribution in [-0.2, 0) is 16.6 Å². The Hall–Kier alpha value is -2.70. The zero-order valence-corrected chi connectivity index (χ0v) is 17.5. The normalized spacial score (nSPS) is 15.8. The zero-order chi connectivity index (χ0) is 21.0. The van der Waals surface area contributed by atoms with Gasteiger partial charge < -0.3 is 0 Å². The minimum absolute atomic E-state index is 0.111. The maximum atomic E-state index is 13.5. The molecule has 3 aromatic carbocycles. The quantitative estimate of drug-likeness (QED) is 0.577. The molecule has 0 N–H and O–H groups in total. The van der Waals surface area contributed by atoms with Crippen molar-refractivity contribution >= 4 is 15.7 Å². The molecule has 0 amide bonds. The first kappa shape index (κ1) is 20.6. The number of likely N-dealkylation sites (tertiary alicyclic amines) is 1. The van der Waals surface area contributed by atoms with E-state index in [9.17, 15) is 12.8 Å². The van der Waals surface area contributed by atoms with Crippen LogP contribution in [0.25, 0.3) is 0 Å². The summed E-state index contributed by atoms with van der Waals surface area (Å²) in [6.45, 7) is 2.51. The summed E-state index contributed by atoms with van der Waals surface area (Å²) < 4.78 is 41.9. The number of anilines is 1. The smallest absolute Gasteiger partial charge is 0.264 e. The highest BCUT2D eigenvalue weighted by atomic mass is 32.2. The average molecular weight is 425 g/mol. The molecule has 1 fully saturated rings. The van der Waals surface area contributed by atoms with E-state index in [2.05, 4.69) is 17.0 Å². The number of piperidine rings is 1. The largest absolute Gasteiger partial charge is 0.299 e. The van der Waals surface area contributed by atoms with Gasteiger partial charge in [0, 0.05) is 25.7 Å². The van der Waals surface area contributed by atoms with Crippen molar-refractivity contribution in [3.63, 3.8) is 0 Å². The van der Waals surface area contributed by atoms with Crippen LogP contribution >= 0.6 is 0 Å². The Morgan fingerprint density at radius 2 is 1.40 bits per heavy atom. The molecule has 156 valence electrons. The van der Waals surface area contributed by atoms with Gasteiger partial charge in [-0.25, -0.2) is 12.8 Å². The molecule has 30 heavy (non-hydrogen) atoms. The van der Waals surface area contributed by atoms with Crippen LogP contribution in [0.1, 0.15) is 18.4 Å². The Kier molecular flexibility index (Phi) is 6.16. The molecule has 0 unspecified atom stereocenters. The predicted molar refractivity (Wildman–Crippen MR) is 117 cm³/mol. The number of hydrogen-bond acceptors (Lipinski definition) is 3. The number of sulfonamides is 1. The molecular weight excluding hydrogens is 399 g/mol. The van der Waals surface area contributed by atoms with Crippen molar-refractivity contribution in [2.24, 2.45) is 0 Å². The summed E-state index contributed by atoms with van der Waals surface area (Å²) in [4.78, 5) is 2.47. The molecule has 0 aliphatic carbocycles. The molecule has 4 nitrogen and oxygen atoms in total. The number of para-hydroxylation sites is 1. The van der Waals surface area contributed by atoms with Gasteiger partial charge in [-0.05, 0) is 54.8 Å². The van der Waals surface area contributed by atoms with Crippen LogP contribution in [-0.4, -0.2) is 32.4 Å². The van der Waals surface area contributed by atoms with Gasteiger partial charge in [-0.3, -0.25) is 9.21 Å². The summed E-state index contributed by atoms with van der Waals surface area (Å²) in [6.07, 6.45) is 1.48. The number of benzene rings is 3. The summed E-state index contributed by atoms with van der Waals surface area (Å²) in [5.74, 6) is -0.450. The fourth-order valence-corrected chi connectivity index (χ4v) is 5.70. The van der Waals surface area contributed by atoms with Crippen LogP contribution in [0.15, 0.2) is 89.8 Å². The van der Waals surface area contributed by atoms with Gasteiger partial charge in [0.2, 0.25) is 0 Å². The third-order valence-corrected chi connectivity index (χ3v) is 7.41. The van der Waals surface area contributed by atoms with E-state index in [0.717, 1.165) is 32.5 Å². The lowest BCUT2D eigenvalue weighted by atomic mass is 10.0. The lowest BCUT2D eigenvalue weighted by Gasteiger charge is -2.39. The molecule has 1 aliphatic rings. The van der Waals surface area contributed by atoms with Gasteiger partial charge in [0.1, 0.15) is 5.82 Å². The Morgan fingerprint density at radius 1 is 0.833 bits per heavy atom. The molecule has 0 aromatic heterocycles. The van der Waals surface area contributed by atoms with Crippen LogP contribution in [0.3, 0.4) is 0 Å². The highest BCUT2D eigenvalue weighted by Gasteiger charge is 2.34. The Bertz CT molecular complexity index is 1050. The Balaban J connectivity index is 1.56. The van der Waals surface area contributed by atoms with Gasteiger partial charge in [-0.15, -0.1) is 0 Å². The first-order chi connectivity index (χ1) is 14.5. The average Bonchev–Trinajstić information content (AvgIpc) is 2.77. The molecule has 0 saturated carbocycles. The van der Waals surface area contributed by atoms with Crippen molar-refractivity contribution in [3.8, 4) is 0 Å². The first-order valence-electron chi connectivity index (χ1n) is 10.2. The van der Waals surface area contributed by atoms with Gasteiger partial charge >= 0.3 is 0 Å². The van der Waals surface area contributed by atoms with Gasteiger partial charge in [-0.1, -0.05) is 48.5 Å². The molecule has 4 rings (SSSR count). The molecule has 1 aliphatic heterocycles. The number of rotatable bonds is 6. The highest BCUT2D eigenvalue weighted by molar-refractivity contribution is 7.92. The zero-order valence-electron chi connectivity index (χ0n) is 16.7. The summed E-state index contributed by atoms with van der Waals surface area (Å²) in [7, 11) is -3.80. The van der Waals surface area contributed by atoms with E-state index >= 15 is 0 Å². The molecule has 0 spiro atoms. The second-order valence-corrected chi connectivity index (χ2v) is 9.40. The number of halogens is 1. The minimum atomic E-state index is -3.80. The molecule has 3 aromatic rings. The van der Waals surface area contributed by atoms with E-state index in [1.54, 1.807) is 0 Å². The lowest BCUT2D eigenvalue weighted by molar-refractivity contribution is 0.206. The monoisotopic (exact) mass is 424 g/mol. The van der Waals surface area contributed by atoms with Crippen LogP contribution in [0, 0.1) is 5.82 Å². The van der Waals surface area contributed by atoms with Crippen LogP contribution in [0.5, 0.6) is 0 Å². The van der Waals surface area contributed by atoms with E-state index in [1.807, 2.05) is 48.5 Å². The number of nitrogens with zero attached hydrogens (tertiary/aromatic N) is 2. The molecule has 1 saturated heterocycles. The molecule has 0 radical (unpaired) electrons. The summed E-state index contributed by atoms with van der Waals surface area (Å²) >= 11 is 0. The van der Waals surface area contributed by atoms with Gasteiger partial charge in [0.05, 0.1) is 10.6 Å². The minimum Gasteiger partial charge on any atom is -0.299 e. The van der Waals surface area contributed by atoms with E-state index in [4.69, 9.17) is 0 Å². The van der Waals surface area contributed by atoms with Crippen LogP contribution in [0.2, 0.25) is 0 Å². The second-order valence-electron chi connectivity index (χ2n) is 7.58. The van der Waals surface area contributed by atoms with Gasteiger partial charge in [0.15, 0.2) is 0 Å². The van der Waals surface area contributed by atoms with Gasteiger partial charge in [-0.2, -0.15) is 0 Å². The van der Waals surface area contributed by atoms with Crippen molar-refractivity contribution in [1.29, 1.82) is 0 Å². The maximum Gasteiger partial charge on any atom is 0.264 e. The Labute approximate surface area is 177 Å². The van der Waals surface area contributed by atoms with Crippen molar-refractivity contribution < 1.29 is 12.8 Å². The van der Waals surface area contributed by atoms with Crippen molar-refractivity contribution in [1.82, 2.24) is 4.90 Å². The SMILES string of the molecule is O=S(=O)(c1ccc(F)cc1)N(c1ccccc1)C1CCN(Cc2ccccc2)CC1. The first-order valence-corrected chi connectivity index (χ1v) is 11.6. The molecule has 6 heteroatoms. The fraction of sp³-hybridized carbons (Fsp3) is 0.250.